The largest absolute Gasteiger partial charge is 0.493 e. The number of allylic oxidation sites excluding steroid dienone is 2. The molecule has 2 unspecified atom stereocenters. The van der Waals surface area contributed by atoms with Gasteiger partial charge in [-0.05, 0) is 113 Å². The van der Waals surface area contributed by atoms with E-state index in [1.807, 2.05) is 6.92 Å². The van der Waals surface area contributed by atoms with E-state index in [-0.39, 0.29) is 107 Å². The van der Waals surface area contributed by atoms with Crippen molar-refractivity contribution in [1.29, 1.82) is 0 Å². The Labute approximate surface area is 409 Å². The number of aliphatic hydroxyl groups excluding tert-OH is 2. The number of carbonyl (C=O) groups excluding carboxylic acids is 4. The van der Waals surface area contributed by atoms with Crippen LogP contribution in [0.3, 0.4) is 0 Å². The molecule has 20 heteroatoms. The molecule has 0 bridgehead atoms. The molecule has 2 aromatic carbocycles. The zero-order valence-corrected chi connectivity index (χ0v) is 41.5. The van der Waals surface area contributed by atoms with Gasteiger partial charge in [-0.3, -0.25) is 30.3 Å². The average molecular weight is 995 g/mol. The van der Waals surface area contributed by atoms with Gasteiger partial charge in [-0.15, -0.1) is 0 Å². The number of benzene rings is 2. The van der Waals surface area contributed by atoms with E-state index >= 15 is 0 Å². The first-order valence-corrected chi connectivity index (χ1v) is 24.8. The third-order valence-corrected chi connectivity index (χ3v) is 14.2. The fraction of sp³-hybridized carbons (Fsp3) is 0.490. The molecule has 2 saturated carbocycles. The van der Waals surface area contributed by atoms with Crippen molar-refractivity contribution >= 4 is 62.4 Å². The number of amides is 2. The molecule has 2 fully saturated rings. The first kappa shape index (κ1) is 54.1. The van der Waals surface area contributed by atoms with Gasteiger partial charge in [0, 0.05) is 59.6 Å². The number of hydrogen-bond donors (Lipinski definition) is 4. The summed E-state index contributed by atoms with van der Waals surface area (Å²) < 4.78 is 34.6. The van der Waals surface area contributed by atoms with Crippen LogP contribution >= 0.6 is 21.6 Å². The van der Waals surface area contributed by atoms with Crippen molar-refractivity contribution in [2.45, 2.75) is 88.5 Å². The molecule has 1 aromatic heterocycles. The standard InChI is InChI=1S/C49H62N4O14S2/c1-28-16-31(25-54)34(18-28)45(56)36-20-40(62-7)42(22-38(36)51-47(58)66-27-30(3)68-69-44-13-12-33(24-50-44)53(60)61)64-14-10-9-11-15-65-43-23-39(52-48(59)67-49(4,5)6)37(21-41(43)63-8)46(57)35-19-29(2)17-32(35)26-55/h12-13,20-24,30-32,34-35,54-55H,1-2,9-11,14-19,25-27H2,3-8H3,(H,51,58)(H,52,59)/t30-,31+,32+,34?,35?/m1/s1. The Morgan fingerprint density at radius 1 is 0.797 bits per heavy atom. The molecule has 2 amide bonds. The first-order chi connectivity index (χ1) is 32.8. The highest BCUT2D eigenvalue weighted by Crippen LogP contribution is 2.43. The second-order valence-electron chi connectivity index (χ2n) is 18.0. The maximum atomic E-state index is 14.1. The van der Waals surface area contributed by atoms with E-state index in [2.05, 4.69) is 28.8 Å². The SMILES string of the molecule is C=C1CC(C(=O)c2cc(OC)c(OCCCCCOc3cc(NC(=O)OC(C)(C)C)c(C(=O)C4CC(=C)C[C@H]4CO)cc3OC)cc2NC(=O)OC[C@@H](C)SSc2ccc([N+](=O)[O-])cn2)[C@H](CO)C1. The molecule has 3 aromatic rings. The van der Waals surface area contributed by atoms with E-state index in [1.165, 1.54) is 78.4 Å². The van der Waals surface area contributed by atoms with Gasteiger partial charge in [0.15, 0.2) is 34.6 Å². The van der Waals surface area contributed by atoms with Crippen LogP contribution in [0.5, 0.6) is 23.0 Å². The highest BCUT2D eigenvalue weighted by atomic mass is 33.1. The Morgan fingerprint density at radius 2 is 1.30 bits per heavy atom. The highest BCUT2D eigenvalue weighted by molar-refractivity contribution is 8.76. The van der Waals surface area contributed by atoms with Crippen molar-refractivity contribution in [3.05, 3.63) is 88.1 Å². The quantitative estimate of drug-likeness (QED) is 0.0163. The molecule has 1 heterocycles. The smallest absolute Gasteiger partial charge is 0.412 e. The Balaban J connectivity index is 1.23. The van der Waals surface area contributed by atoms with Gasteiger partial charge < -0.3 is 38.6 Å². The Kier molecular flexibility index (Phi) is 19.7. The number of nitro groups is 1. The van der Waals surface area contributed by atoms with Gasteiger partial charge in [0.1, 0.15) is 23.4 Å². The number of Topliss-reactive ketones (excluding diaryl/α,β-unsaturated/α-hetero) is 2. The van der Waals surface area contributed by atoms with Crippen LogP contribution in [0.1, 0.15) is 93.4 Å². The lowest BCUT2D eigenvalue weighted by atomic mass is 9.88. The average Bonchev–Trinajstić information content (AvgIpc) is 3.90. The minimum absolute atomic E-state index is 0.0110. The monoisotopic (exact) mass is 994 g/mol. The van der Waals surface area contributed by atoms with Gasteiger partial charge in [-0.1, -0.05) is 35.1 Å². The van der Waals surface area contributed by atoms with Gasteiger partial charge in [0.25, 0.3) is 5.69 Å². The van der Waals surface area contributed by atoms with Crippen LogP contribution in [-0.4, -0.2) is 102 Å². The number of rotatable bonds is 24. The third-order valence-electron chi connectivity index (χ3n) is 11.4. The number of nitrogens with zero attached hydrogens (tertiary/aromatic N) is 2. The van der Waals surface area contributed by atoms with Crippen LogP contribution < -0.4 is 29.6 Å². The molecular formula is C49H62N4O14S2. The molecule has 2 aliphatic rings. The number of aliphatic hydroxyl groups is 2. The van der Waals surface area contributed by atoms with E-state index in [9.17, 15) is 39.5 Å². The number of methoxy groups -OCH3 is 2. The topological polar surface area (TPSA) is 244 Å². The number of nitrogens with one attached hydrogen (secondary N) is 2. The first-order valence-electron chi connectivity index (χ1n) is 22.5. The molecule has 18 nitrogen and oxygen atoms in total. The van der Waals surface area contributed by atoms with Crippen molar-refractivity contribution in [1.82, 2.24) is 4.98 Å². The third kappa shape index (κ3) is 15.3. The summed E-state index contributed by atoms with van der Waals surface area (Å²) in [5.41, 5.74) is 1.47. The number of carbonyl (C=O) groups is 4. The number of ether oxygens (including phenoxy) is 6. The number of aromatic nitrogens is 1. The number of anilines is 2. The lowest BCUT2D eigenvalue weighted by Crippen LogP contribution is -2.28. The molecule has 69 heavy (non-hydrogen) atoms. The predicted octanol–water partition coefficient (Wildman–Crippen LogP) is 9.87. The minimum atomic E-state index is -0.818. The molecule has 5 rings (SSSR count). The molecular weight excluding hydrogens is 933 g/mol. The molecule has 0 saturated heterocycles. The van der Waals surface area contributed by atoms with Crippen LogP contribution in [0.25, 0.3) is 0 Å². The molecule has 5 atom stereocenters. The van der Waals surface area contributed by atoms with Crippen molar-refractivity contribution in [2.24, 2.45) is 23.7 Å². The van der Waals surface area contributed by atoms with E-state index in [1.54, 1.807) is 20.8 Å². The lowest BCUT2D eigenvalue weighted by molar-refractivity contribution is -0.385. The van der Waals surface area contributed by atoms with Gasteiger partial charge in [0.2, 0.25) is 0 Å². The summed E-state index contributed by atoms with van der Waals surface area (Å²) in [5, 5.41) is 36.8. The molecule has 2 aliphatic carbocycles. The normalized spacial score (nSPS) is 18.3. The minimum Gasteiger partial charge on any atom is -0.493 e. The van der Waals surface area contributed by atoms with Crippen LogP contribution in [-0.2, 0) is 9.47 Å². The van der Waals surface area contributed by atoms with E-state index < -0.39 is 34.5 Å². The van der Waals surface area contributed by atoms with Crippen LogP contribution in [0.15, 0.2) is 71.9 Å². The highest BCUT2D eigenvalue weighted by Gasteiger charge is 2.38. The number of ketones is 2. The van der Waals surface area contributed by atoms with Gasteiger partial charge >= 0.3 is 12.2 Å². The zero-order valence-electron chi connectivity index (χ0n) is 39.8. The summed E-state index contributed by atoms with van der Waals surface area (Å²) in [7, 11) is 5.53. The van der Waals surface area contributed by atoms with Crippen LogP contribution in [0.4, 0.5) is 26.7 Å². The summed E-state index contributed by atoms with van der Waals surface area (Å²) in [4.78, 5) is 68.7. The van der Waals surface area contributed by atoms with Crippen molar-refractivity contribution < 1.29 is 62.7 Å². The Bertz CT molecular complexity index is 2360. The van der Waals surface area contributed by atoms with Crippen molar-refractivity contribution in [3.8, 4) is 23.0 Å². The Morgan fingerprint density at radius 3 is 1.74 bits per heavy atom. The summed E-state index contributed by atoms with van der Waals surface area (Å²) in [6.45, 7) is 15.2. The van der Waals surface area contributed by atoms with E-state index in [4.69, 9.17) is 28.4 Å². The van der Waals surface area contributed by atoms with Gasteiger partial charge in [-0.25, -0.2) is 14.6 Å². The summed E-state index contributed by atoms with van der Waals surface area (Å²) in [6, 6.07) is 8.98. The van der Waals surface area contributed by atoms with Crippen LogP contribution in [0, 0.1) is 33.8 Å². The van der Waals surface area contributed by atoms with Crippen molar-refractivity contribution in [3.63, 3.8) is 0 Å². The number of pyridine rings is 1. The predicted molar refractivity (Wildman–Crippen MR) is 263 cm³/mol. The van der Waals surface area contributed by atoms with Gasteiger partial charge in [0.05, 0.1) is 43.7 Å². The van der Waals surface area contributed by atoms with Crippen LogP contribution in [0.2, 0.25) is 0 Å². The van der Waals surface area contributed by atoms with Crippen molar-refractivity contribution in [2.75, 3.05) is 57.9 Å². The lowest BCUT2D eigenvalue weighted by Gasteiger charge is -2.23. The van der Waals surface area contributed by atoms with E-state index in [0.29, 0.717) is 55.7 Å². The zero-order chi connectivity index (χ0) is 50.4. The number of unbranched alkanes of at least 4 members (excludes halogenated alkanes) is 2. The molecule has 0 radical (unpaired) electrons. The number of hydrogen-bond acceptors (Lipinski definition) is 17. The molecule has 4 N–H and O–H groups in total. The molecule has 0 spiro atoms. The molecule has 374 valence electrons. The second kappa shape index (κ2) is 25.2. The fourth-order valence-corrected chi connectivity index (χ4v) is 9.87. The fourth-order valence-electron chi connectivity index (χ4n) is 8.01. The summed E-state index contributed by atoms with van der Waals surface area (Å²) in [5.74, 6) is -1.19. The van der Waals surface area contributed by atoms with E-state index in [0.717, 1.165) is 11.1 Å². The molecule has 0 aliphatic heterocycles. The summed E-state index contributed by atoms with van der Waals surface area (Å²) in [6.07, 6.45) is 3.23. The summed E-state index contributed by atoms with van der Waals surface area (Å²) >= 11 is 0. The maximum absolute atomic E-state index is 14.1. The van der Waals surface area contributed by atoms with Gasteiger partial charge in [-0.2, -0.15) is 0 Å². The Hall–Kier alpha value is -5.83. The maximum Gasteiger partial charge on any atom is 0.412 e. The second-order valence-corrected chi connectivity index (χ2v) is 20.6.